The summed E-state index contributed by atoms with van der Waals surface area (Å²) in [6, 6.07) is 6.20. The van der Waals surface area contributed by atoms with E-state index < -0.39 is 5.97 Å². The van der Waals surface area contributed by atoms with Gasteiger partial charge in [-0.05, 0) is 74.6 Å². The molecule has 1 unspecified atom stereocenters. The fourth-order valence-electron chi connectivity index (χ4n) is 3.89. The van der Waals surface area contributed by atoms with Gasteiger partial charge in [-0.3, -0.25) is 9.59 Å². The number of rotatable bonds is 4. The van der Waals surface area contributed by atoms with E-state index in [9.17, 15) is 9.59 Å². The predicted molar refractivity (Wildman–Crippen MR) is 88.6 cm³/mol. The number of amides is 1. The quantitative estimate of drug-likeness (QED) is 0.926. The number of carboxylic acid groups (broad SMARTS) is 1. The molecular formula is C19H25NO3. The number of hydrogen-bond donors (Lipinski definition) is 1. The largest absolute Gasteiger partial charge is 0.481 e. The lowest BCUT2D eigenvalue weighted by Crippen LogP contribution is -2.44. The van der Waals surface area contributed by atoms with Gasteiger partial charge in [0.05, 0.1) is 0 Å². The summed E-state index contributed by atoms with van der Waals surface area (Å²) in [5, 5.41) is 8.91. The maximum atomic E-state index is 12.9. The Morgan fingerprint density at radius 3 is 2.65 bits per heavy atom. The maximum Gasteiger partial charge on any atom is 0.303 e. The predicted octanol–water partition coefficient (Wildman–Crippen LogP) is 3.42. The molecule has 1 aliphatic carbocycles. The first-order chi connectivity index (χ1) is 11.1. The van der Waals surface area contributed by atoms with Crippen molar-refractivity contribution in [3.05, 3.63) is 34.9 Å². The number of carbonyl (C=O) groups is 2. The Hall–Kier alpha value is -1.84. The van der Waals surface area contributed by atoms with Crippen molar-refractivity contribution >= 4 is 11.9 Å². The Labute approximate surface area is 137 Å². The van der Waals surface area contributed by atoms with E-state index in [0.717, 1.165) is 44.2 Å². The highest BCUT2D eigenvalue weighted by Gasteiger charge is 2.28. The molecule has 1 aromatic carbocycles. The van der Waals surface area contributed by atoms with Gasteiger partial charge in [0.15, 0.2) is 0 Å². The number of aliphatic carboxylic acids is 1. The van der Waals surface area contributed by atoms with Crippen LogP contribution in [0.15, 0.2) is 18.2 Å². The first kappa shape index (κ1) is 16.0. The Kier molecular flexibility index (Phi) is 4.99. The van der Waals surface area contributed by atoms with E-state index in [0.29, 0.717) is 6.42 Å². The number of aryl methyl sites for hydroxylation is 2. The topological polar surface area (TPSA) is 57.6 Å². The summed E-state index contributed by atoms with van der Waals surface area (Å²) in [5.74, 6) is -0.704. The van der Waals surface area contributed by atoms with Gasteiger partial charge in [0.2, 0.25) is 0 Å². The van der Waals surface area contributed by atoms with Crippen molar-refractivity contribution in [2.24, 2.45) is 0 Å². The van der Waals surface area contributed by atoms with Crippen LogP contribution < -0.4 is 0 Å². The van der Waals surface area contributed by atoms with Crippen LogP contribution in [-0.4, -0.2) is 34.5 Å². The second-order valence-corrected chi connectivity index (χ2v) is 6.77. The molecule has 0 bridgehead atoms. The number of hydrogen-bond acceptors (Lipinski definition) is 2. The van der Waals surface area contributed by atoms with Gasteiger partial charge in [-0.1, -0.05) is 6.07 Å². The van der Waals surface area contributed by atoms with E-state index in [1.165, 1.54) is 24.0 Å². The maximum absolute atomic E-state index is 12.9. The van der Waals surface area contributed by atoms with Crippen molar-refractivity contribution in [3.63, 3.8) is 0 Å². The molecule has 0 radical (unpaired) electrons. The Bertz CT molecular complexity index is 596. The van der Waals surface area contributed by atoms with E-state index in [-0.39, 0.29) is 18.4 Å². The molecule has 2 aliphatic rings. The molecular weight excluding hydrogens is 290 g/mol. The zero-order chi connectivity index (χ0) is 16.2. The standard InChI is InChI=1S/C19H25NO3/c21-18(22)11-10-17-7-3-4-12-20(17)19(23)16-9-8-14-5-1-2-6-15(14)13-16/h8-9,13,17H,1-7,10-12H2,(H,21,22). The zero-order valence-electron chi connectivity index (χ0n) is 13.6. The van der Waals surface area contributed by atoms with Crippen LogP contribution in [0.1, 0.15) is 66.4 Å². The number of carbonyl (C=O) groups excluding carboxylic acids is 1. The number of benzene rings is 1. The van der Waals surface area contributed by atoms with Gasteiger partial charge >= 0.3 is 5.97 Å². The molecule has 1 fully saturated rings. The molecule has 0 aromatic heterocycles. The molecule has 4 nitrogen and oxygen atoms in total. The van der Waals surface area contributed by atoms with Crippen LogP contribution in [0, 0.1) is 0 Å². The third-order valence-electron chi connectivity index (χ3n) is 5.17. The van der Waals surface area contributed by atoms with Crippen LogP contribution in [-0.2, 0) is 17.6 Å². The van der Waals surface area contributed by atoms with Crippen LogP contribution >= 0.6 is 0 Å². The van der Waals surface area contributed by atoms with Crippen molar-refractivity contribution < 1.29 is 14.7 Å². The second-order valence-electron chi connectivity index (χ2n) is 6.77. The van der Waals surface area contributed by atoms with Gasteiger partial charge in [-0.2, -0.15) is 0 Å². The van der Waals surface area contributed by atoms with Gasteiger partial charge in [0, 0.05) is 24.6 Å². The first-order valence-corrected chi connectivity index (χ1v) is 8.80. The minimum absolute atomic E-state index is 0.0726. The number of carboxylic acids is 1. The molecule has 3 rings (SSSR count). The summed E-state index contributed by atoms with van der Waals surface area (Å²) in [5.41, 5.74) is 3.47. The molecule has 1 saturated heterocycles. The molecule has 1 aliphatic heterocycles. The normalized spacial score (nSPS) is 20.9. The van der Waals surface area contributed by atoms with Gasteiger partial charge in [-0.25, -0.2) is 0 Å². The number of nitrogens with zero attached hydrogens (tertiary/aromatic N) is 1. The SMILES string of the molecule is O=C(O)CCC1CCCCN1C(=O)c1ccc2c(c1)CCCC2. The molecule has 0 spiro atoms. The van der Waals surface area contributed by atoms with Gasteiger partial charge in [-0.15, -0.1) is 0 Å². The molecule has 1 amide bonds. The molecule has 4 heteroatoms. The van der Waals surface area contributed by atoms with Crippen molar-refractivity contribution in [2.45, 2.75) is 63.8 Å². The summed E-state index contributed by atoms with van der Waals surface area (Å²) in [4.78, 5) is 25.7. The Morgan fingerprint density at radius 1 is 1.09 bits per heavy atom. The highest BCUT2D eigenvalue weighted by Crippen LogP contribution is 2.26. The van der Waals surface area contributed by atoms with E-state index in [2.05, 4.69) is 12.1 Å². The average Bonchev–Trinajstić information content (AvgIpc) is 2.59. The molecule has 1 aromatic rings. The summed E-state index contributed by atoms with van der Waals surface area (Å²) >= 11 is 0. The van der Waals surface area contributed by atoms with Crippen LogP contribution in [0.25, 0.3) is 0 Å². The minimum atomic E-state index is -0.781. The van der Waals surface area contributed by atoms with Crippen LogP contribution in [0.4, 0.5) is 0 Å². The number of likely N-dealkylation sites (tertiary alicyclic amines) is 1. The van der Waals surface area contributed by atoms with E-state index >= 15 is 0 Å². The van der Waals surface area contributed by atoms with Crippen molar-refractivity contribution in [2.75, 3.05) is 6.54 Å². The Morgan fingerprint density at radius 2 is 1.87 bits per heavy atom. The van der Waals surface area contributed by atoms with Gasteiger partial charge in [0.25, 0.3) is 5.91 Å². The fraction of sp³-hybridized carbons (Fsp3) is 0.579. The highest BCUT2D eigenvalue weighted by molar-refractivity contribution is 5.94. The lowest BCUT2D eigenvalue weighted by molar-refractivity contribution is -0.137. The first-order valence-electron chi connectivity index (χ1n) is 8.80. The molecule has 1 heterocycles. The van der Waals surface area contributed by atoms with E-state index in [4.69, 9.17) is 5.11 Å². The zero-order valence-corrected chi connectivity index (χ0v) is 13.6. The fourth-order valence-corrected chi connectivity index (χ4v) is 3.89. The van der Waals surface area contributed by atoms with E-state index in [1.807, 2.05) is 11.0 Å². The summed E-state index contributed by atoms with van der Waals surface area (Å²) < 4.78 is 0. The summed E-state index contributed by atoms with van der Waals surface area (Å²) in [6.45, 7) is 0.750. The van der Waals surface area contributed by atoms with Crippen molar-refractivity contribution in [3.8, 4) is 0 Å². The molecule has 0 saturated carbocycles. The van der Waals surface area contributed by atoms with Crippen LogP contribution in [0.3, 0.4) is 0 Å². The smallest absolute Gasteiger partial charge is 0.303 e. The third kappa shape index (κ3) is 3.74. The molecule has 124 valence electrons. The lowest BCUT2D eigenvalue weighted by atomic mass is 9.90. The summed E-state index contributed by atoms with van der Waals surface area (Å²) in [7, 11) is 0. The number of piperidine rings is 1. The number of fused-ring (bicyclic) bond motifs is 1. The Balaban J connectivity index is 1.75. The van der Waals surface area contributed by atoms with Crippen LogP contribution in [0.5, 0.6) is 0 Å². The van der Waals surface area contributed by atoms with Crippen molar-refractivity contribution in [1.29, 1.82) is 0 Å². The average molecular weight is 315 g/mol. The monoisotopic (exact) mass is 315 g/mol. The van der Waals surface area contributed by atoms with Gasteiger partial charge < -0.3 is 10.0 Å². The third-order valence-corrected chi connectivity index (χ3v) is 5.17. The lowest BCUT2D eigenvalue weighted by Gasteiger charge is -2.36. The van der Waals surface area contributed by atoms with Crippen LogP contribution in [0.2, 0.25) is 0 Å². The van der Waals surface area contributed by atoms with E-state index in [1.54, 1.807) is 0 Å². The van der Waals surface area contributed by atoms with Crippen molar-refractivity contribution in [1.82, 2.24) is 4.90 Å². The second kappa shape index (κ2) is 7.16. The highest BCUT2D eigenvalue weighted by atomic mass is 16.4. The molecule has 1 atom stereocenters. The minimum Gasteiger partial charge on any atom is -0.481 e. The summed E-state index contributed by atoms with van der Waals surface area (Å²) in [6.07, 6.45) is 8.35. The molecule has 1 N–H and O–H groups in total. The molecule has 23 heavy (non-hydrogen) atoms. The van der Waals surface area contributed by atoms with Gasteiger partial charge in [0.1, 0.15) is 0 Å².